The standard InChI is InChI=1S/C14H20F2N2O/c1-2-18-5-3-4-11(9-18)17-8-10-6-12(15)14(19)13(16)7-10/h6-7,11,17,19H,2-5,8-9H2,1H3. The van der Waals surface area contributed by atoms with Crippen LogP contribution >= 0.6 is 0 Å². The molecule has 0 bridgehead atoms. The number of phenols is 1. The van der Waals surface area contributed by atoms with Crippen LogP contribution in [-0.2, 0) is 6.54 Å². The molecule has 19 heavy (non-hydrogen) atoms. The van der Waals surface area contributed by atoms with Gasteiger partial charge in [0.05, 0.1) is 0 Å². The Hall–Kier alpha value is -1.20. The molecule has 2 N–H and O–H groups in total. The molecule has 1 aromatic carbocycles. The molecule has 3 nitrogen and oxygen atoms in total. The summed E-state index contributed by atoms with van der Waals surface area (Å²) in [5.41, 5.74) is 0.515. The van der Waals surface area contributed by atoms with Crippen molar-refractivity contribution in [1.29, 1.82) is 0 Å². The van der Waals surface area contributed by atoms with Crippen molar-refractivity contribution in [2.24, 2.45) is 0 Å². The topological polar surface area (TPSA) is 35.5 Å². The zero-order valence-electron chi connectivity index (χ0n) is 11.1. The highest BCUT2D eigenvalue weighted by Gasteiger charge is 2.18. The number of nitrogens with one attached hydrogen (secondary N) is 1. The number of hydrogen-bond donors (Lipinski definition) is 2. The number of piperidine rings is 1. The summed E-state index contributed by atoms with van der Waals surface area (Å²) in [6, 6.07) is 2.70. The number of rotatable bonds is 4. The molecule has 1 aliphatic rings. The van der Waals surface area contributed by atoms with Crippen molar-refractivity contribution in [3.63, 3.8) is 0 Å². The van der Waals surface area contributed by atoms with Crippen molar-refractivity contribution in [1.82, 2.24) is 10.2 Å². The Morgan fingerprint density at radius 1 is 1.37 bits per heavy atom. The maximum absolute atomic E-state index is 13.2. The van der Waals surface area contributed by atoms with E-state index in [1.54, 1.807) is 0 Å². The quantitative estimate of drug-likeness (QED) is 0.881. The minimum Gasteiger partial charge on any atom is -0.503 e. The fourth-order valence-electron chi connectivity index (χ4n) is 2.49. The van der Waals surface area contributed by atoms with Gasteiger partial charge in [-0.1, -0.05) is 6.92 Å². The van der Waals surface area contributed by atoms with Gasteiger partial charge in [0, 0.05) is 19.1 Å². The predicted octanol–water partition coefficient (Wildman–Crippen LogP) is 2.24. The van der Waals surface area contributed by atoms with Gasteiger partial charge >= 0.3 is 0 Å². The normalized spacial score (nSPS) is 20.7. The van der Waals surface area contributed by atoms with Gasteiger partial charge in [0.2, 0.25) is 0 Å². The van der Waals surface area contributed by atoms with Crippen LogP contribution in [0.1, 0.15) is 25.3 Å². The molecule has 0 saturated carbocycles. The molecule has 1 fully saturated rings. The fraction of sp³-hybridized carbons (Fsp3) is 0.571. The van der Waals surface area contributed by atoms with E-state index in [-0.39, 0.29) is 0 Å². The lowest BCUT2D eigenvalue weighted by molar-refractivity contribution is 0.198. The van der Waals surface area contributed by atoms with Gasteiger partial charge in [0.25, 0.3) is 0 Å². The smallest absolute Gasteiger partial charge is 0.187 e. The van der Waals surface area contributed by atoms with E-state index in [4.69, 9.17) is 5.11 Å². The van der Waals surface area contributed by atoms with E-state index in [0.717, 1.165) is 32.5 Å². The summed E-state index contributed by atoms with van der Waals surface area (Å²) in [6.07, 6.45) is 2.23. The number of likely N-dealkylation sites (tertiary alicyclic amines) is 1. The van der Waals surface area contributed by atoms with Crippen molar-refractivity contribution in [3.05, 3.63) is 29.3 Å². The average molecular weight is 270 g/mol. The van der Waals surface area contributed by atoms with Crippen LogP contribution in [-0.4, -0.2) is 35.7 Å². The minimum absolute atomic E-state index is 0.355. The highest BCUT2D eigenvalue weighted by Crippen LogP contribution is 2.21. The van der Waals surface area contributed by atoms with Crippen molar-refractivity contribution in [2.45, 2.75) is 32.4 Å². The van der Waals surface area contributed by atoms with Crippen LogP contribution in [0.4, 0.5) is 8.78 Å². The maximum atomic E-state index is 13.2. The highest BCUT2D eigenvalue weighted by atomic mass is 19.1. The molecule has 0 radical (unpaired) electrons. The van der Waals surface area contributed by atoms with Crippen molar-refractivity contribution in [2.75, 3.05) is 19.6 Å². The molecule has 1 heterocycles. The third-order valence-electron chi connectivity index (χ3n) is 3.62. The molecule has 1 unspecified atom stereocenters. The Bertz CT molecular complexity index is 416. The second kappa shape index (κ2) is 6.30. The summed E-state index contributed by atoms with van der Waals surface area (Å²) in [5.74, 6) is -2.72. The van der Waals surface area contributed by atoms with Crippen LogP contribution in [0.25, 0.3) is 0 Å². The van der Waals surface area contributed by atoms with Crippen LogP contribution < -0.4 is 5.32 Å². The first-order valence-electron chi connectivity index (χ1n) is 6.72. The van der Waals surface area contributed by atoms with Gasteiger partial charge in [0.15, 0.2) is 17.4 Å². The van der Waals surface area contributed by atoms with E-state index in [2.05, 4.69) is 17.1 Å². The van der Waals surface area contributed by atoms with E-state index in [0.29, 0.717) is 18.2 Å². The molecule has 0 aliphatic carbocycles. The monoisotopic (exact) mass is 270 g/mol. The Morgan fingerprint density at radius 3 is 2.68 bits per heavy atom. The van der Waals surface area contributed by atoms with Crippen molar-refractivity contribution >= 4 is 0 Å². The molecular weight excluding hydrogens is 250 g/mol. The van der Waals surface area contributed by atoms with Gasteiger partial charge in [-0.2, -0.15) is 0 Å². The molecule has 0 spiro atoms. The zero-order chi connectivity index (χ0) is 13.8. The van der Waals surface area contributed by atoms with E-state index in [9.17, 15) is 8.78 Å². The lowest BCUT2D eigenvalue weighted by Gasteiger charge is -2.32. The molecule has 106 valence electrons. The average Bonchev–Trinajstić information content (AvgIpc) is 2.42. The molecule has 1 atom stereocenters. The van der Waals surface area contributed by atoms with Gasteiger partial charge < -0.3 is 15.3 Å². The first kappa shape index (κ1) is 14.2. The summed E-state index contributed by atoms with van der Waals surface area (Å²) in [5, 5.41) is 12.4. The number of hydrogen-bond acceptors (Lipinski definition) is 3. The van der Waals surface area contributed by atoms with E-state index < -0.39 is 17.4 Å². The lowest BCUT2D eigenvalue weighted by atomic mass is 10.1. The Labute approximate surface area is 112 Å². The summed E-state index contributed by atoms with van der Waals surface area (Å²) >= 11 is 0. The van der Waals surface area contributed by atoms with E-state index >= 15 is 0 Å². The van der Waals surface area contributed by atoms with Gasteiger partial charge in [0.1, 0.15) is 0 Å². The van der Waals surface area contributed by atoms with Crippen molar-refractivity contribution in [3.8, 4) is 5.75 Å². The number of phenolic OH excluding ortho intramolecular Hbond substituents is 1. The summed E-state index contributed by atoms with van der Waals surface area (Å²) in [4.78, 5) is 2.36. The molecule has 1 aromatic rings. The summed E-state index contributed by atoms with van der Waals surface area (Å²) in [6.45, 7) is 5.67. The van der Waals surface area contributed by atoms with Crippen LogP contribution in [0.2, 0.25) is 0 Å². The van der Waals surface area contributed by atoms with Gasteiger partial charge in [-0.3, -0.25) is 0 Å². The molecule has 2 rings (SSSR count). The zero-order valence-corrected chi connectivity index (χ0v) is 11.1. The molecule has 0 aromatic heterocycles. The predicted molar refractivity (Wildman–Crippen MR) is 70.0 cm³/mol. The van der Waals surface area contributed by atoms with Crippen LogP contribution in [0.15, 0.2) is 12.1 Å². The third-order valence-corrected chi connectivity index (χ3v) is 3.62. The first-order chi connectivity index (χ1) is 9.10. The summed E-state index contributed by atoms with van der Waals surface area (Å²) < 4.78 is 26.4. The summed E-state index contributed by atoms with van der Waals surface area (Å²) in [7, 11) is 0. The largest absolute Gasteiger partial charge is 0.503 e. The highest BCUT2D eigenvalue weighted by molar-refractivity contribution is 5.29. The number of nitrogens with zero attached hydrogens (tertiary/aromatic N) is 1. The number of halogens is 2. The van der Waals surface area contributed by atoms with Crippen LogP contribution in [0, 0.1) is 11.6 Å². The number of likely N-dealkylation sites (N-methyl/N-ethyl adjacent to an activating group) is 1. The van der Waals surface area contributed by atoms with Gasteiger partial charge in [-0.15, -0.1) is 0 Å². The Balaban J connectivity index is 1.91. The minimum atomic E-state index is -0.907. The van der Waals surface area contributed by atoms with Crippen LogP contribution in [0.3, 0.4) is 0 Å². The second-order valence-electron chi connectivity index (χ2n) is 5.02. The third kappa shape index (κ3) is 3.64. The SMILES string of the molecule is CCN1CCCC(NCc2cc(F)c(O)c(F)c2)C1. The fourth-order valence-corrected chi connectivity index (χ4v) is 2.49. The number of benzene rings is 1. The molecule has 1 aliphatic heterocycles. The van der Waals surface area contributed by atoms with Gasteiger partial charge in [-0.05, 0) is 43.6 Å². The second-order valence-corrected chi connectivity index (χ2v) is 5.02. The Morgan fingerprint density at radius 2 is 2.05 bits per heavy atom. The first-order valence-corrected chi connectivity index (χ1v) is 6.72. The van der Waals surface area contributed by atoms with Gasteiger partial charge in [-0.25, -0.2) is 8.78 Å². The molecule has 5 heteroatoms. The van der Waals surface area contributed by atoms with Crippen molar-refractivity contribution < 1.29 is 13.9 Å². The number of aromatic hydroxyl groups is 1. The molecular formula is C14H20F2N2O. The van der Waals surface area contributed by atoms with E-state index in [1.165, 1.54) is 12.1 Å². The van der Waals surface area contributed by atoms with Crippen LogP contribution in [0.5, 0.6) is 5.75 Å². The lowest BCUT2D eigenvalue weighted by Crippen LogP contribution is -2.45. The molecule has 1 saturated heterocycles. The molecule has 0 amide bonds. The Kier molecular flexibility index (Phi) is 4.71. The van der Waals surface area contributed by atoms with E-state index in [1.807, 2.05) is 0 Å². The maximum Gasteiger partial charge on any atom is 0.187 e.